The van der Waals surface area contributed by atoms with Crippen LogP contribution in [0, 0.1) is 0 Å². The fraction of sp³-hybridized carbons (Fsp3) is 0.294. The second-order valence-corrected chi connectivity index (χ2v) is 6.19. The van der Waals surface area contributed by atoms with Crippen LogP contribution in [0.2, 0.25) is 0 Å². The summed E-state index contributed by atoms with van der Waals surface area (Å²) in [5, 5.41) is 18.4. The third kappa shape index (κ3) is 3.80. The zero-order chi connectivity index (χ0) is 16.8. The van der Waals surface area contributed by atoms with Gasteiger partial charge in [-0.05, 0) is 42.8 Å². The van der Waals surface area contributed by atoms with Crippen molar-refractivity contribution in [1.82, 2.24) is 14.8 Å². The topological polar surface area (TPSA) is 73.3 Å². The van der Waals surface area contributed by atoms with Crippen molar-refractivity contribution in [1.29, 1.82) is 0 Å². The molecule has 3 aromatic rings. The van der Waals surface area contributed by atoms with E-state index in [1.807, 2.05) is 41.0 Å². The van der Waals surface area contributed by atoms with Crippen LogP contribution in [0.5, 0.6) is 5.75 Å². The number of aliphatic hydroxyl groups excluding tert-OH is 1. The van der Waals surface area contributed by atoms with Gasteiger partial charge in [0, 0.05) is 17.9 Å². The number of hydrogen-bond acceptors (Lipinski definition) is 6. The largest absolute Gasteiger partial charge is 0.497 e. The quantitative estimate of drug-likeness (QED) is 0.500. The van der Waals surface area contributed by atoms with Crippen LogP contribution >= 0.6 is 11.8 Å². The van der Waals surface area contributed by atoms with Gasteiger partial charge in [-0.2, -0.15) is 0 Å². The SMILES string of the molecule is COc1ccc(-c2nnc(SCCCO)n2Cc2ccco2)cc1. The first-order valence-corrected chi connectivity index (χ1v) is 8.64. The van der Waals surface area contributed by atoms with Crippen LogP contribution in [0.15, 0.2) is 52.2 Å². The summed E-state index contributed by atoms with van der Waals surface area (Å²) in [5.74, 6) is 3.21. The lowest BCUT2D eigenvalue weighted by Gasteiger charge is -2.09. The van der Waals surface area contributed by atoms with Gasteiger partial charge < -0.3 is 14.3 Å². The third-order valence-corrected chi connectivity index (χ3v) is 4.55. The second-order valence-electron chi connectivity index (χ2n) is 5.13. The maximum absolute atomic E-state index is 8.97. The Morgan fingerprint density at radius 3 is 2.71 bits per heavy atom. The molecule has 0 radical (unpaired) electrons. The zero-order valence-corrected chi connectivity index (χ0v) is 14.2. The van der Waals surface area contributed by atoms with Gasteiger partial charge in [-0.1, -0.05) is 11.8 Å². The lowest BCUT2D eigenvalue weighted by Crippen LogP contribution is -2.04. The number of nitrogens with zero attached hydrogens (tertiary/aromatic N) is 3. The molecule has 1 aromatic carbocycles. The molecule has 0 spiro atoms. The Labute approximate surface area is 144 Å². The monoisotopic (exact) mass is 345 g/mol. The molecule has 0 bridgehead atoms. The van der Waals surface area contributed by atoms with E-state index in [1.54, 1.807) is 25.1 Å². The zero-order valence-electron chi connectivity index (χ0n) is 13.4. The van der Waals surface area contributed by atoms with Crippen molar-refractivity contribution in [3.05, 3.63) is 48.4 Å². The minimum Gasteiger partial charge on any atom is -0.497 e. The first kappa shape index (κ1) is 16.6. The first-order chi connectivity index (χ1) is 11.8. The summed E-state index contributed by atoms with van der Waals surface area (Å²) >= 11 is 1.58. The summed E-state index contributed by atoms with van der Waals surface area (Å²) in [6.07, 6.45) is 2.38. The van der Waals surface area contributed by atoms with Crippen LogP contribution in [0.4, 0.5) is 0 Å². The molecule has 2 aromatic heterocycles. The van der Waals surface area contributed by atoms with E-state index >= 15 is 0 Å². The predicted molar refractivity (Wildman–Crippen MR) is 92.2 cm³/mol. The lowest BCUT2D eigenvalue weighted by molar-refractivity contribution is 0.296. The van der Waals surface area contributed by atoms with Gasteiger partial charge >= 0.3 is 0 Å². The molecule has 1 N–H and O–H groups in total. The number of thioether (sulfide) groups is 1. The third-order valence-electron chi connectivity index (χ3n) is 3.49. The van der Waals surface area contributed by atoms with Crippen LogP contribution in [0.1, 0.15) is 12.2 Å². The number of furan rings is 1. The van der Waals surface area contributed by atoms with Gasteiger partial charge in [0.15, 0.2) is 11.0 Å². The Morgan fingerprint density at radius 2 is 2.04 bits per heavy atom. The van der Waals surface area contributed by atoms with Crippen molar-refractivity contribution < 1.29 is 14.3 Å². The number of hydrogen-bond donors (Lipinski definition) is 1. The highest BCUT2D eigenvalue weighted by Crippen LogP contribution is 2.27. The number of benzene rings is 1. The second kappa shape index (κ2) is 8.03. The van der Waals surface area contributed by atoms with Crippen molar-refractivity contribution in [2.45, 2.75) is 18.1 Å². The van der Waals surface area contributed by atoms with Gasteiger partial charge in [-0.25, -0.2) is 0 Å². The summed E-state index contributed by atoms with van der Waals surface area (Å²) in [4.78, 5) is 0. The van der Waals surface area contributed by atoms with Crippen molar-refractivity contribution in [3.63, 3.8) is 0 Å². The maximum Gasteiger partial charge on any atom is 0.191 e. The fourth-order valence-electron chi connectivity index (χ4n) is 2.28. The molecule has 0 saturated carbocycles. The van der Waals surface area contributed by atoms with E-state index in [0.29, 0.717) is 6.54 Å². The molecular formula is C17H19N3O3S. The minimum absolute atomic E-state index is 0.171. The average Bonchev–Trinajstić information content (AvgIpc) is 3.26. The summed E-state index contributed by atoms with van der Waals surface area (Å²) in [7, 11) is 1.64. The molecule has 0 amide bonds. The molecule has 0 aliphatic carbocycles. The number of rotatable bonds is 8. The highest BCUT2D eigenvalue weighted by molar-refractivity contribution is 7.99. The van der Waals surface area contributed by atoms with E-state index in [9.17, 15) is 0 Å². The van der Waals surface area contributed by atoms with E-state index in [4.69, 9.17) is 14.3 Å². The number of aliphatic hydroxyl groups is 1. The Bertz CT molecular complexity index is 754. The van der Waals surface area contributed by atoms with E-state index in [-0.39, 0.29) is 6.61 Å². The van der Waals surface area contributed by atoms with Gasteiger partial charge in [-0.3, -0.25) is 4.57 Å². The summed E-state index contributed by atoms with van der Waals surface area (Å²) in [6.45, 7) is 0.730. The van der Waals surface area contributed by atoms with Crippen LogP contribution in [-0.4, -0.2) is 39.3 Å². The van der Waals surface area contributed by atoms with E-state index in [1.165, 1.54) is 0 Å². The molecule has 7 heteroatoms. The smallest absolute Gasteiger partial charge is 0.191 e. The fourth-order valence-corrected chi connectivity index (χ4v) is 3.14. The molecule has 0 fully saturated rings. The van der Waals surface area contributed by atoms with Crippen LogP contribution < -0.4 is 4.74 Å². The standard InChI is InChI=1S/C17H19N3O3S/c1-22-14-7-5-13(6-8-14)16-18-19-17(24-11-3-9-21)20(16)12-15-4-2-10-23-15/h2,4-8,10,21H,3,9,11-12H2,1H3. The Kier molecular flexibility index (Phi) is 5.55. The van der Waals surface area contributed by atoms with Gasteiger partial charge in [0.2, 0.25) is 0 Å². The van der Waals surface area contributed by atoms with Gasteiger partial charge in [-0.15, -0.1) is 10.2 Å². The van der Waals surface area contributed by atoms with Crippen molar-refractivity contribution >= 4 is 11.8 Å². The Hall–Kier alpha value is -2.25. The van der Waals surface area contributed by atoms with E-state index < -0.39 is 0 Å². The summed E-state index contributed by atoms with van der Waals surface area (Å²) in [5.41, 5.74) is 0.962. The van der Waals surface area contributed by atoms with Gasteiger partial charge in [0.25, 0.3) is 0 Å². The Morgan fingerprint density at radius 1 is 1.21 bits per heavy atom. The van der Waals surface area contributed by atoms with Crippen molar-refractivity contribution in [2.24, 2.45) is 0 Å². The van der Waals surface area contributed by atoms with E-state index in [0.717, 1.165) is 40.2 Å². The molecule has 6 nitrogen and oxygen atoms in total. The summed E-state index contributed by atoms with van der Waals surface area (Å²) < 4.78 is 12.7. The lowest BCUT2D eigenvalue weighted by atomic mass is 10.2. The molecule has 0 saturated heterocycles. The molecule has 126 valence electrons. The van der Waals surface area contributed by atoms with Crippen LogP contribution in [-0.2, 0) is 6.54 Å². The van der Waals surface area contributed by atoms with Crippen LogP contribution in [0.25, 0.3) is 11.4 Å². The van der Waals surface area contributed by atoms with Gasteiger partial charge in [0.1, 0.15) is 11.5 Å². The molecule has 2 heterocycles. The minimum atomic E-state index is 0.171. The normalized spacial score (nSPS) is 10.9. The average molecular weight is 345 g/mol. The van der Waals surface area contributed by atoms with Gasteiger partial charge in [0.05, 0.1) is 19.9 Å². The highest BCUT2D eigenvalue weighted by Gasteiger charge is 2.15. The highest BCUT2D eigenvalue weighted by atomic mass is 32.2. The molecule has 0 aliphatic rings. The molecule has 0 atom stereocenters. The van der Waals surface area contributed by atoms with Crippen molar-refractivity contribution in [3.8, 4) is 17.1 Å². The summed E-state index contributed by atoms with van der Waals surface area (Å²) in [6, 6.07) is 11.5. The molecular weight excluding hydrogens is 326 g/mol. The molecule has 0 unspecified atom stereocenters. The van der Waals surface area contributed by atoms with E-state index in [2.05, 4.69) is 10.2 Å². The molecule has 3 rings (SSSR count). The molecule has 0 aliphatic heterocycles. The van der Waals surface area contributed by atoms with Crippen LogP contribution in [0.3, 0.4) is 0 Å². The first-order valence-electron chi connectivity index (χ1n) is 7.65. The Balaban J connectivity index is 1.91. The number of aromatic nitrogens is 3. The maximum atomic E-state index is 8.97. The number of methoxy groups -OCH3 is 1. The number of ether oxygens (including phenoxy) is 1. The van der Waals surface area contributed by atoms with Crippen molar-refractivity contribution in [2.75, 3.05) is 19.5 Å². The molecule has 24 heavy (non-hydrogen) atoms. The predicted octanol–water partition coefficient (Wildman–Crippen LogP) is 3.07.